The van der Waals surface area contributed by atoms with Crippen LogP contribution in [0.15, 0.2) is 18.5 Å². The van der Waals surface area contributed by atoms with Crippen LogP contribution < -0.4 is 5.32 Å². The molecule has 0 aromatic carbocycles. The lowest BCUT2D eigenvalue weighted by atomic mass is 10.3. The molecule has 8 nitrogen and oxygen atoms in total. The molecule has 0 saturated heterocycles. The van der Waals surface area contributed by atoms with Gasteiger partial charge < -0.3 is 20.4 Å². The average Bonchev–Trinajstić information content (AvgIpc) is 2.26. The van der Waals surface area contributed by atoms with Crippen LogP contribution in [0, 0.1) is 6.92 Å². The summed E-state index contributed by atoms with van der Waals surface area (Å²) in [6.45, 7) is 0.379. The fraction of sp³-hybridized carbons (Fsp3) is 0.273. The van der Waals surface area contributed by atoms with Crippen molar-refractivity contribution in [2.24, 2.45) is 0 Å². The molecule has 1 aromatic rings. The molecular formula is C11H13N3O5. The maximum Gasteiger partial charge on any atom is 0.323 e. The number of aromatic nitrogens is 1. The molecule has 1 heterocycles. The summed E-state index contributed by atoms with van der Waals surface area (Å²) in [6.07, 6.45) is 2.96. The molecule has 8 heteroatoms. The van der Waals surface area contributed by atoms with E-state index >= 15 is 0 Å². The number of carbonyl (C=O) groups excluding carboxylic acids is 1. The van der Waals surface area contributed by atoms with E-state index < -0.39 is 31.1 Å². The monoisotopic (exact) mass is 267 g/mol. The minimum Gasteiger partial charge on any atom is -0.480 e. The van der Waals surface area contributed by atoms with Crippen molar-refractivity contribution < 1.29 is 24.6 Å². The Kier molecular flexibility index (Phi) is 4.81. The number of urea groups is 1. The Morgan fingerprint density at radius 2 is 1.79 bits per heavy atom. The van der Waals surface area contributed by atoms with E-state index in [2.05, 4.69) is 10.3 Å². The van der Waals surface area contributed by atoms with Crippen LogP contribution in [0.3, 0.4) is 0 Å². The first-order chi connectivity index (χ1) is 8.88. The third-order valence-electron chi connectivity index (χ3n) is 2.07. The normalized spacial score (nSPS) is 9.74. The van der Waals surface area contributed by atoms with Gasteiger partial charge in [-0.2, -0.15) is 0 Å². The van der Waals surface area contributed by atoms with Crippen LogP contribution in [0.2, 0.25) is 0 Å². The van der Waals surface area contributed by atoms with E-state index in [1.54, 1.807) is 19.2 Å². The Labute approximate surface area is 108 Å². The first-order valence-electron chi connectivity index (χ1n) is 5.29. The smallest absolute Gasteiger partial charge is 0.323 e. The number of rotatable bonds is 5. The van der Waals surface area contributed by atoms with Crippen molar-refractivity contribution in [3.8, 4) is 0 Å². The van der Waals surface area contributed by atoms with Gasteiger partial charge >= 0.3 is 18.0 Å². The highest BCUT2D eigenvalue weighted by Gasteiger charge is 2.19. The largest absolute Gasteiger partial charge is 0.480 e. The molecule has 0 spiro atoms. The second-order valence-corrected chi connectivity index (χ2v) is 3.82. The summed E-state index contributed by atoms with van der Waals surface area (Å²) in [5.41, 5.74) is 1.17. The van der Waals surface area contributed by atoms with E-state index in [1.807, 2.05) is 0 Å². The van der Waals surface area contributed by atoms with Gasteiger partial charge in [0.2, 0.25) is 0 Å². The first kappa shape index (κ1) is 14.4. The zero-order chi connectivity index (χ0) is 14.4. The van der Waals surface area contributed by atoms with Crippen molar-refractivity contribution >= 4 is 23.7 Å². The molecule has 0 aliphatic rings. The van der Waals surface area contributed by atoms with Gasteiger partial charge in [-0.15, -0.1) is 0 Å². The Morgan fingerprint density at radius 1 is 1.21 bits per heavy atom. The van der Waals surface area contributed by atoms with Gasteiger partial charge in [0.1, 0.15) is 13.1 Å². The quantitative estimate of drug-likeness (QED) is 0.710. The van der Waals surface area contributed by atoms with E-state index in [0.29, 0.717) is 10.6 Å². The Morgan fingerprint density at radius 3 is 2.26 bits per heavy atom. The van der Waals surface area contributed by atoms with Crippen LogP contribution in [-0.4, -0.2) is 51.2 Å². The number of anilines is 1. The number of aryl methyl sites for hydroxylation is 1. The number of hydrogen-bond donors (Lipinski definition) is 3. The number of hydrogen-bond acceptors (Lipinski definition) is 4. The predicted molar refractivity (Wildman–Crippen MR) is 64.8 cm³/mol. The number of pyridine rings is 1. The maximum absolute atomic E-state index is 11.8. The van der Waals surface area contributed by atoms with Gasteiger partial charge in [0, 0.05) is 6.20 Å². The number of nitrogens with zero attached hydrogens (tertiary/aromatic N) is 2. The summed E-state index contributed by atoms with van der Waals surface area (Å²) in [5, 5.41) is 19.6. The Bertz CT molecular complexity index is 487. The van der Waals surface area contributed by atoms with E-state index in [4.69, 9.17) is 10.2 Å². The van der Waals surface area contributed by atoms with Crippen molar-refractivity contribution in [2.75, 3.05) is 18.4 Å². The van der Waals surface area contributed by atoms with Crippen molar-refractivity contribution in [3.05, 3.63) is 24.0 Å². The fourth-order valence-corrected chi connectivity index (χ4v) is 1.35. The van der Waals surface area contributed by atoms with Crippen LogP contribution in [0.5, 0.6) is 0 Å². The van der Waals surface area contributed by atoms with Gasteiger partial charge in [-0.3, -0.25) is 14.6 Å². The summed E-state index contributed by atoms with van der Waals surface area (Å²) in [7, 11) is 0. The number of amides is 2. The number of carbonyl (C=O) groups is 3. The molecule has 19 heavy (non-hydrogen) atoms. The summed E-state index contributed by atoms with van der Waals surface area (Å²) in [5.74, 6) is -2.59. The van der Waals surface area contributed by atoms with Crippen LogP contribution >= 0.6 is 0 Å². The number of aliphatic carboxylic acids is 2. The molecule has 0 atom stereocenters. The van der Waals surface area contributed by atoms with E-state index in [-0.39, 0.29) is 0 Å². The van der Waals surface area contributed by atoms with Crippen LogP contribution in [0.4, 0.5) is 10.5 Å². The molecule has 1 aromatic heterocycles. The maximum atomic E-state index is 11.8. The topological polar surface area (TPSA) is 120 Å². The third-order valence-corrected chi connectivity index (χ3v) is 2.07. The van der Waals surface area contributed by atoms with E-state index in [9.17, 15) is 14.4 Å². The average molecular weight is 267 g/mol. The molecule has 0 bridgehead atoms. The van der Waals surface area contributed by atoms with Crippen molar-refractivity contribution in [2.45, 2.75) is 6.92 Å². The molecule has 0 aliphatic carbocycles. The highest BCUT2D eigenvalue weighted by molar-refractivity contribution is 5.93. The molecule has 102 valence electrons. The van der Waals surface area contributed by atoms with Crippen LogP contribution in [-0.2, 0) is 9.59 Å². The second kappa shape index (κ2) is 6.34. The van der Waals surface area contributed by atoms with E-state index in [1.165, 1.54) is 6.20 Å². The molecule has 3 N–H and O–H groups in total. The first-order valence-corrected chi connectivity index (χ1v) is 5.29. The standard InChI is InChI=1S/C11H13N3O5/c1-7-2-8(4-12-3-7)13-11(19)14(5-9(15)16)6-10(17)18/h2-4H,5-6H2,1H3,(H,13,19)(H,15,16)(H,17,18). The SMILES string of the molecule is Cc1cncc(NC(=O)N(CC(=O)O)CC(=O)O)c1. The number of carboxylic acids is 2. The summed E-state index contributed by atoms with van der Waals surface area (Å²) in [4.78, 5) is 37.4. The third kappa shape index (κ3) is 5.02. The lowest BCUT2D eigenvalue weighted by molar-refractivity contribution is -0.140. The van der Waals surface area contributed by atoms with Crippen molar-refractivity contribution in [1.82, 2.24) is 9.88 Å². The Balaban J connectivity index is 2.76. The van der Waals surface area contributed by atoms with Gasteiger partial charge in [0.05, 0.1) is 11.9 Å². The lowest BCUT2D eigenvalue weighted by Gasteiger charge is -2.19. The zero-order valence-corrected chi connectivity index (χ0v) is 10.2. The molecule has 0 radical (unpaired) electrons. The van der Waals surface area contributed by atoms with Crippen LogP contribution in [0.25, 0.3) is 0 Å². The lowest BCUT2D eigenvalue weighted by Crippen LogP contribution is -2.41. The molecule has 0 fully saturated rings. The summed E-state index contributed by atoms with van der Waals surface area (Å²) in [6, 6.07) is 0.821. The van der Waals surface area contributed by atoms with Gasteiger partial charge in [-0.05, 0) is 18.6 Å². The molecular weight excluding hydrogens is 254 g/mol. The zero-order valence-electron chi connectivity index (χ0n) is 10.2. The number of carboxylic acid groups (broad SMARTS) is 2. The minimum absolute atomic E-state index is 0.366. The van der Waals surface area contributed by atoms with Crippen LogP contribution in [0.1, 0.15) is 5.56 Å². The minimum atomic E-state index is -1.29. The van der Waals surface area contributed by atoms with Gasteiger partial charge in [0.15, 0.2) is 0 Å². The van der Waals surface area contributed by atoms with Crippen molar-refractivity contribution in [3.63, 3.8) is 0 Å². The summed E-state index contributed by atoms with van der Waals surface area (Å²) >= 11 is 0. The molecule has 0 aliphatic heterocycles. The van der Waals surface area contributed by atoms with E-state index in [0.717, 1.165) is 5.56 Å². The highest BCUT2D eigenvalue weighted by atomic mass is 16.4. The summed E-state index contributed by atoms with van der Waals surface area (Å²) < 4.78 is 0. The fourth-order valence-electron chi connectivity index (χ4n) is 1.35. The van der Waals surface area contributed by atoms with Crippen molar-refractivity contribution in [1.29, 1.82) is 0 Å². The second-order valence-electron chi connectivity index (χ2n) is 3.82. The Hall–Kier alpha value is -2.64. The highest BCUT2D eigenvalue weighted by Crippen LogP contribution is 2.08. The predicted octanol–water partition coefficient (Wildman–Crippen LogP) is 0.393. The number of nitrogens with one attached hydrogen (secondary N) is 1. The van der Waals surface area contributed by atoms with Gasteiger partial charge in [-0.25, -0.2) is 4.79 Å². The molecule has 1 rings (SSSR count). The van der Waals surface area contributed by atoms with Gasteiger partial charge in [-0.1, -0.05) is 0 Å². The molecule has 2 amide bonds. The molecule has 0 unspecified atom stereocenters. The molecule has 0 saturated carbocycles. The van der Waals surface area contributed by atoms with Gasteiger partial charge in [0.25, 0.3) is 0 Å².